The van der Waals surface area contributed by atoms with E-state index in [1.165, 1.54) is 57.3 Å². The summed E-state index contributed by atoms with van der Waals surface area (Å²) in [6, 6.07) is 5.41. The van der Waals surface area contributed by atoms with Gasteiger partial charge < -0.3 is 10.1 Å². The second-order valence-corrected chi connectivity index (χ2v) is 20.7. The van der Waals surface area contributed by atoms with Gasteiger partial charge in [-0.15, -0.1) is 5.26 Å². The molecule has 3 N–H and O–H groups in total. The van der Waals surface area contributed by atoms with Crippen molar-refractivity contribution < 1.29 is 26.4 Å². The second kappa shape index (κ2) is 17.0. The number of fused-ring (bicyclic) bond motifs is 4. The fourth-order valence-electron chi connectivity index (χ4n) is 9.38. The third kappa shape index (κ3) is 9.15. The number of nitrogens with zero attached hydrogens (tertiary/aromatic N) is 3. The van der Waals surface area contributed by atoms with Gasteiger partial charge in [0.1, 0.15) is 11.5 Å². The number of nitriles is 1. The number of hydrogen-bond donors (Lipinski definition) is 2. The van der Waals surface area contributed by atoms with Crippen molar-refractivity contribution in [2.45, 2.75) is 140 Å². The predicted molar refractivity (Wildman–Crippen MR) is 213 cm³/mol. The summed E-state index contributed by atoms with van der Waals surface area (Å²) in [5, 5.41) is 16.0. The molecule has 4 aliphatic carbocycles. The zero-order chi connectivity index (χ0) is 38.8. The Bertz CT molecular complexity index is 1920. The molecule has 6 aliphatic rings. The zero-order valence-electron chi connectivity index (χ0n) is 32.6. The third-order valence-electron chi connectivity index (χ3n) is 12.4. The highest BCUT2D eigenvalue weighted by atomic mass is 32.2. The van der Waals surface area contributed by atoms with E-state index in [0.29, 0.717) is 38.0 Å². The molecule has 296 valence electrons. The number of carbonyl (C=O) groups is 1. The molecule has 2 saturated heterocycles. The number of aryl methyl sites for hydroxylation is 4. The van der Waals surface area contributed by atoms with Crippen LogP contribution in [0.1, 0.15) is 111 Å². The van der Waals surface area contributed by atoms with Crippen molar-refractivity contribution in [3.8, 4) is 12.0 Å². The first-order valence-corrected chi connectivity index (χ1v) is 23.4. The highest BCUT2D eigenvalue weighted by Crippen LogP contribution is 2.41. The molecule has 2 unspecified atom stereocenters. The van der Waals surface area contributed by atoms with E-state index in [-0.39, 0.29) is 11.2 Å². The number of hydrogen-bond acceptors (Lipinski definition) is 9. The standard InChI is InChI=1S/C21H30N2O3S.C13H13NO.C7H16N2O2S/c1-14(2)23-10-9-17(12-23)27(25,26)13-20(24)22-21-18-7-3-5-15(18)11-16-6-4-8-19(16)21;14-8-15-13-11-5-1-3-9(11)7-10-4-2-6-12(10)13;1-6(2)9-4-3-7(5-9)12(8,10)11/h11,14,17H,3-10,12-13H2,1-2H3,(H,22,24);7H,1-6H2;6-7H,3-5H2,1-2H3,(H2,8,10,11). The summed E-state index contributed by atoms with van der Waals surface area (Å²) in [4.78, 5) is 17.0. The molecule has 2 fully saturated rings. The SMILES string of the molecule is CC(C)N1CCC(S(=O)(=O)CC(=O)Nc2c3c(cc4c2CCC4)CCC3)C1.CC(C)N1CCC(S(N)(=O)=O)C1.N#COc1c2c(cc3c1CCC3)CCC2. The highest BCUT2D eigenvalue weighted by Gasteiger charge is 2.36. The van der Waals surface area contributed by atoms with E-state index in [9.17, 15) is 21.6 Å². The Balaban J connectivity index is 0.000000154. The lowest BCUT2D eigenvalue weighted by atomic mass is 9.98. The van der Waals surface area contributed by atoms with E-state index in [1.807, 2.05) is 6.26 Å². The van der Waals surface area contributed by atoms with Crippen LogP contribution < -0.4 is 15.2 Å². The molecular weight excluding hydrogens is 723 g/mol. The molecule has 2 aliphatic heterocycles. The maximum atomic E-state index is 12.8. The molecule has 2 aromatic rings. The van der Waals surface area contributed by atoms with Crippen LogP contribution >= 0.6 is 0 Å². The van der Waals surface area contributed by atoms with Crippen molar-refractivity contribution in [3.05, 3.63) is 56.6 Å². The van der Waals surface area contributed by atoms with E-state index in [1.54, 1.807) is 0 Å². The van der Waals surface area contributed by atoms with Crippen molar-refractivity contribution in [1.82, 2.24) is 9.80 Å². The molecule has 1 amide bonds. The number of anilines is 1. The molecule has 2 heterocycles. The quantitative estimate of drug-likeness (QED) is 0.359. The molecule has 54 heavy (non-hydrogen) atoms. The Morgan fingerprint density at radius 1 is 0.759 bits per heavy atom. The predicted octanol–water partition coefficient (Wildman–Crippen LogP) is 4.78. The first-order chi connectivity index (χ1) is 25.7. The molecule has 0 spiro atoms. The van der Waals surface area contributed by atoms with Crippen molar-refractivity contribution in [2.75, 3.05) is 37.2 Å². The lowest BCUT2D eigenvalue weighted by Crippen LogP contribution is -2.35. The minimum atomic E-state index is -3.43. The van der Waals surface area contributed by atoms with Crippen LogP contribution in [0.3, 0.4) is 0 Å². The molecule has 13 heteroatoms. The maximum Gasteiger partial charge on any atom is 0.292 e. The zero-order valence-corrected chi connectivity index (χ0v) is 34.2. The number of amides is 1. The van der Waals surface area contributed by atoms with E-state index >= 15 is 0 Å². The average Bonchev–Trinajstić information content (AvgIpc) is 3.96. The van der Waals surface area contributed by atoms with Crippen molar-refractivity contribution in [1.29, 1.82) is 5.26 Å². The molecule has 0 saturated carbocycles. The first kappa shape index (κ1) is 40.6. The number of carbonyl (C=O) groups excluding carboxylic acids is 1. The van der Waals surface area contributed by atoms with Crippen LogP contribution in [0.5, 0.6) is 5.75 Å². The number of likely N-dealkylation sites (tertiary alicyclic amines) is 2. The molecule has 0 aromatic heterocycles. The fraction of sp³-hybridized carbons (Fsp3) is 0.659. The maximum absolute atomic E-state index is 12.8. The summed E-state index contributed by atoms with van der Waals surface area (Å²) in [6.07, 6.45) is 16.4. The van der Waals surface area contributed by atoms with E-state index in [0.717, 1.165) is 88.7 Å². The Morgan fingerprint density at radius 2 is 1.19 bits per heavy atom. The van der Waals surface area contributed by atoms with Crippen LogP contribution in [0.2, 0.25) is 0 Å². The van der Waals surface area contributed by atoms with Gasteiger partial charge >= 0.3 is 0 Å². The van der Waals surface area contributed by atoms with Crippen LogP contribution in [-0.2, 0) is 76.0 Å². The van der Waals surface area contributed by atoms with E-state index in [4.69, 9.17) is 15.1 Å². The largest absolute Gasteiger partial charge is 0.387 e. The van der Waals surface area contributed by atoms with Crippen LogP contribution in [0, 0.1) is 11.5 Å². The Hall–Kier alpha value is -3.02. The molecule has 2 aromatic carbocycles. The van der Waals surface area contributed by atoms with Crippen molar-refractivity contribution in [3.63, 3.8) is 0 Å². The van der Waals surface area contributed by atoms with Gasteiger partial charge in [-0.1, -0.05) is 12.1 Å². The minimum absolute atomic E-state index is 0.341. The van der Waals surface area contributed by atoms with Crippen molar-refractivity contribution in [2.24, 2.45) is 5.14 Å². The van der Waals surface area contributed by atoms with Gasteiger partial charge in [0.2, 0.25) is 15.9 Å². The number of ether oxygens (including phenoxy) is 1. The smallest absolute Gasteiger partial charge is 0.292 e. The van der Waals surface area contributed by atoms with Gasteiger partial charge in [-0.2, -0.15) is 0 Å². The summed E-state index contributed by atoms with van der Waals surface area (Å²) in [6.45, 7) is 11.1. The van der Waals surface area contributed by atoms with E-state index < -0.39 is 30.9 Å². The number of nitrogens with one attached hydrogen (secondary N) is 1. The van der Waals surface area contributed by atoms with Gasteiger partial charge in [0.15, 0.2) is 9.84 Å². The lowest BCUT2D eigenvalue weighted by Gasteiger charge is -2.20. The Kier molecular flexibility index (Phi) is 12.8. The summed E-state index contributed by atoms with van der Waals surface area (Å²) in [5.41, 5.74) is 11.6. The first-order valence-electron chi connectivity index (χ1n) is 20.1. The summed E-state index contributed by atoms with van der Waals surface area (Å²) in [5.74, 6) is 0.134. The number of nitrogens with two attached hydrogens (primary N) is 1. The summed E-state index contributed by atoms with van der Waals surface area (Å²) < 4.78 is 52.7. The number of primary sulfonamides is 1. The summed E-state index contributed by atoms with van der Waals surface area (Å²) >= 11 is 0. The topological polar surface area (TPSA) is 163 Å². The minimum Gasteiger partial charge on any atom is -0.387 e. The number of benzene rings is 2. The highest BCUT2D eigenvalue weighted by molar-refractivity contribution is 7.92. The number of rotatable bonds is 8. The molecule has 2 atom stereocenters. The molecular formula is C41H59N5O6S2. The number of sulfone groups is 1. The van der Waals surface area contributed by atoms with Crippen LogP contribution in [-0.4, -0.2) is 87.1 Å². The van der Waals surface area contributed by atoms with Crippen LogP contribution in [0.25, 0.3) is 0 Å². The van der Waals surface area contributed by atoms with Gasteiger partial charge in [-0.05, 0) is 175 Å². The molecule has 0 bridgehead atoms. The van der Waals surface area contributed by atoms with Gasteiger partial charge in [-0.25, -0.2) is 22.0 Å². The summed E-state index contributed by atoms with van der Waals surface area (Å²) in [7, 11) is -6.74. The lowest BCUT2D eigenvalue weighted by molar-refractivity contribution is -0.113. The Morgan fingerprint density at radius 3 is 1.59 bits per heavy atom. The van der Waals surface area contributed by atoms with Gasteiger partial charge in [0, 0.05) is 30.9 Å². The monoisotopic (exact) mass is 781 g/mol. The third-order valence-corrected chi connectivity index (χ3v) is 15.8. The van der Waals surface area contributed by atoms with Gasteiger partial charge in [0.05, 0.1) is 10.5 Å². The van der Waals surface area contributed by atoms with Crippen LogP contribution in [0.15, 0.2) is 12.1 Å². The molecule has 11 nitrogen and oxygen atoms in total. The number of sulfonamides is 1. The average molecular weight is 782 g/mol. The van der Waals surface area contributed by atoms with E-state index in [2.05, 4.69) is 54.9 Å². The molecule has 0 radical (unpaired) electrons. The van der Waals surface area contributed by atoms with Gasteiger partial charge in [0.25, 0.3) is 6.26 Å². The Labute approximate surface area is 323 Å². The van der Waals surface area contributed by atoms with Crippen LogP contribution in [0.4, 0.5) is 5.69 Å². The van der Waals surface area contributed by atoms with Crippen molar-refractivity contribution >= 4 is 31.5 Å². The fourth-order valence-corrected chi connectivity index (χ4v) is 11.8. The van der Waals surface area contributed by atoms with Gasteiger partial charge in [-0.3, -0.25) is 14.6 Å². The normalized spacial score (nSPS) is 21.8. The second-order valence-electron chi connectivity index (χ2n) is 16.6. The molecule has 8 rings (SSSR count).